The molecule has 0 atom stereocenters. The summed E-state index contributed by atoms with van der Waals surface area (Å²) >= 11 is 2.14. The van der Waals surface area contributed by atoms with E-state index in [1.54, 1.807) is 6.08 Å². The van der Waals surface area contributed by atoms with Crippen molar-refractivity contribution in [2.75, 3.05) is 0 Å². The summed E-state index contributed by atoms with van der Waals surface area (Å²) in [6.45, 7) is 3.46. The minimum Gasteiger partial charge on any atom is -0.0991 e. The van der Waals surface area contributed by atoms with Gasteiger partial charge in [0.15, 0.2) is 0 Å². The van der Waals surface area contributed by atoms with E-state index in [4.69, 9.17) is 0 Å². The lowest BCUT2D eigenvalue weighted by Gasteiger charge is -1.54. The Balaban J connectivity index is 2.92. The predicted octanol–water partition coefficient (Wildman–Crippen LogP) is 2.12. The van der Waals surface area contributed by atoms with Crippen LogP contribution in [-0.2, 0) is 0 Å². The van der Waals surface area contributed by atoms with Crippen LogP contribution in [0.25, 0.3) is 0 Å². The van der Waals surface area contributed by atoms with Gasteiger partial charge in [-0.05, 0) is 4.08 Å². The van der Waals surface area contributed by atoms with Crippen molar-refractivity contribution in [2.24, 2.45) is 0 Å². The Bertz CT molecular complexity index is 45.6. The zero-order valence-corrected chi connectivity index (χ0v) is 4.97. The van der Waals surface area contributed by atoms with Crippen molar-refractivity contribution < 1.29 is 0 Å². The van der Waals surface area contributed by atoms with Gasteiger partial charge in [-0.15, -0.1) is 0 Å². The molecule has 5 heavy (non-hydrogen) atoms. The van der Waals surface area contributed by atoms with Gasteiger partial charge in [-0.3, -0.25) is 0 Å². The third kappa shape index (κ3) is 4.21. The summed E-state index contributed by atoms with van der Waals surface area (Å²) in [6.07, 6.45) is 3.62. The molecule has 0 nitrogen and oxygen atoms in total. The summed E-state index contributed by atoms with van der Waals surface area (Å²) in [7, 11) is 0. The molecule has 0 heterocycles. The number of hydrogen-bond donors (Lipinski definition) is 0. The Kier molecular flexibility index (Phi) is 4.39. The van der Waals surface area contributed by atoms with Crippen LogP contribution in [0, 0.1) is 0 Å². The van der Waals surface area contributed by atoms with Gasteiger partial charge >= 0.3 is 0 Å². The Morgan fingerprint density at radius 3 is 2.20 bits per heavy atom. The van der Waals surface area contributed by atoms with E-state index in [1.807, 2.05) is 10.2 Å². The van der Waals surface area contributed by atoms with Crippen molar-refractivity contribution in [1.82, 2.24) is 0 Å². The fourth-order valence-corrected chi connectivity index (χ4v) is 0.345. The second kappa shape index (κ2) is 4.21. The van der Waals surface area contributed by atoms with E-state index >= 15 is 0 Å². The molecule has 0 unspecified atom stereocenters. The maximum absolute atomic E-state index is 3.46. The first kappa shape index (κ1) is 5.21. The van der Waals surface area contributed by atoms with E-state index in [0.717, 1.165) is 0 Å². The molecular formula is C4H5I. The Hall–Kier alpha value is 0.210. The van der Waals surface area contributed by atoms with Crippen LogP contribution in [0.4, 0.5) is 0 Å². The van der Waals surface area contributed by atoms with Crippen molar-refractivity contribution in [3.63, 3.8) is 0 Å². The van der Waals surface area contributed by atoms with Crippen LogP contribution < -0.4 is 0 Å². The van der Waals surface area contributed by atoms with E-state index in [-0.39, 0.29) is 0 Å². The smallest absolute Gasteiger partial charge is 0.0234 e. The van der Waals surface area contributed by atoms with Crippen LogP contribution in [0.15, 0.2) is 22.8 Å². The van der Waals surface area contributed by atoms with Crippen molar-refractivity contribution in [3.05, 3.63) is 22.8 Å². The lowest BCUT2D eigenvalue weighted by molar-refractivity contribution is 2.14. The zero-order chi connectivity index (χ0) is 4.12. The molecule has 0 spiro atoms. The highest BCUT2D eigenvalue weighted by atomic mass is 127. The van der Waals surface area contributed by atoms with E-state index < -0.39 is 0 Å². The Morgan fingerprint density at radius 2 is 2.20 bits per heavy atom. The van der Waals surface area contributed by atoms with E-state index in [2.05, 4.69) is 29.2 Å². The molecule has 0 saturated heterocycles. The monoisotopic (exact) mass is 180 g/mol. The molecule has 0 aromatic heterocycles. The fourth-order valence-electron chi connectivity index (χ4n) is 0.0514. The average molecular weight is 180 g/mol. The molecule has 0 N–H and O–H groups in total. The molecule has 0 aliphatic heterocycles. The second-order valence-corrected chi connectivity index (χ2v) is 1.27. The molecule has 0 amide bonds. The standard InChI is InChI=1S/C4H5I/c1-2-3-4-5/h2-4H,1H2/b4-3+. The van der Waals surface area contributed by atoms with Crippen molar-refractivity contribution >= 4 is 22.6 Å². The fraction of sp³-hybridized carbons (Fsp3) is 0. The third-order valence-electron chi connectivity index (χ3n) is 0.209. The van der Waals surface area contributed by atoms with Crippen LogP contribution in [-0.4, -0.2) is 0 Å². The van der Waals surface area contributed by atoms with E-state index in [9.17, 15) is 0 Å². The van der Waals surface area contributed by atoms with Gasteiger partial charge in [0.25, 0.3) is 0 Å². The van der Waals surface area contributed by atoms with Crippen LogP contribution >= 0.6 is 22.6 Å². The normalized spacial score (nSPS) is 9.00. The third-order valence-corrected chi connectivity index (χ3v) is 0.624. The maximum Gasteiger partial charge on any atom is -0.0234 e. The van der Waals surface area contributed by atoms with Gasteiger partial charge in [0, 0.05) is 0 Å². The zero-order valence-electron chi connectivity index (χ0n) is 2.82. The van der Waals surface area contributed by atoms with E-state index in [1.165, 1.54) is 0 Å². The van der Waals surface area contributed by atoms with Crippen LogP contribution in [0.2, 0.25) is 0 Å². The lowest BCUT2D eigenvalue weighted by Crippen LogP contribution is -1.28. The predicted molar refractivity (Wildman–Crippen MR) is 33.4 cm³/mol. The van der Waals surface area contributed by atoms with Gasteiger partial charge in [0.1, 0.15) is 0 Å². The summed E-state index contributed by atoms with van der Waals surface area (Å²) in [5.41, 5.74) is 0. The summed E-state index contributed by atoms with van der Waals surface area (Å²) in [4.78, 5) is 0. The Labute approximate surface area is 45.7 Å². The molecule has 0 rings (SSSR count). The highest BCUT2D eigenvalue weighted by molar-refractivity contribution is 14.1. The van der Waals surface area contributed by atoms with Crippen molar-refractivity contribution in [3.8, 4) is 0 Å². The molecule has 0 radical (unpaired) electrons. The number of allylic oxidation sites excluding steroid dienone is 2. The summed E-state index contributed by atoms with van der Waals surface area (Å²) in [6, 6.07) is 0. The molecule has 0 aliphatic carbocycles. The average Bonchev–Trinajstić information content (AvgIpc) is 1.41. The molecule has 0 saturated carbocycles. The van der Waals surface area contributed by atoms with Crippen molar-refractivity contribution in [1.29, 1.82) is 0 Å². The van der Waals surface area contributed by atoms with Gasteiger partial charge < -0.3 is 0 Å². The number of hydrogen-bond acceptors (Lipinski definition) is 0. The molecule has 28 valence electrons. The second-order valence-electron chi connectivity index (χ2n) is 0.554. The first-order valence-electron chi connectivity index (χ1n) is 1.29. The molecule has 0 bridgehead atoms. The largest absolute Gasteiger partial charge is 0.0991 e. The highest BCUT2D eigenvalue weighted by Gasteiger charge is 1.43. The first-order chi connectivity index (χ1) is 2.41. The first-order valence-corrected chi connectivity index (χ1v) is 2.54. The lowest BCUT2D eigenvalue weighted by atomic mass is 10.6. The summed E-state index contributed by atoms with van der Waals surface area (Å²) in [5, 5.41) is 0. The van der Waals surface area contributed by atoms with Crippen LogP contribution in [0.5, 0.6) is 0 Å². The topological polar surface area (TPSA) is 0 Å². The molecule has 0 aliphatic rings. The van der Waals surface area contributed by atoms with Gasteiger partial charge in [-0.25, -0.2) is 0 Å². The number of rotatable bonds is 1. The van der Waals surface area contributed by atoms with Crippen molar-refractivity contribution in [2.45, 2.75) is 0 Å². The number of halogens is 1. The minimum absolute atomic E-state index is 1.74. The molecule has 1 heteroatoms. The van der Waals surface area contributed by atoms with Gasteiger partial charge in [0.2, 0.25) is 0 Å². The van der Waals surface area contributed by atoms with Gasteiger partial charge in [-0.2, -0.15) is 0 Å². The maximum atomic E-state index is 3.46. The summed E-state index contributed by atoms with van der Waals surface area (Å²) in [5.74, 6) is 0. The quantitative estimate of drug-likeness (QED) is 0.428. The molecule has 0 fully saturated rings. The molecular weight excluding hydrogens is 175 g/mol. The highest BCUT2D eigenvalue weighted by Crippen LogP contribution is 1.80. The van der Waals surface area contributed by atoms with Crippen LogP contribution in [0.1, 0.15) is 0 Å². The van der Waals surface area contributed by atoms with Gasteiger partial charge in [0.05, 0.1) is 0 Å². The minimum atomic E-state index is 1.74. The van der Waals surface area contributed by atoms with E-state index in [0.29, 0.717) is 0 Å². The SMILES string of the molecule is C=C/C=C/I. The summed E-state index contributed by atoms with van der Waals surface area (Å²) < 4.78 is 1.91. The van der Waals surface area contributed by atoms with Crippen LogP contribution in [0.3, 0.4) is 0 Å². The Morgan fingerprint density at radius 1 is 1.60 bits per heavy atom. The molecule has 0 aromatic carbocycles. The molecule has 0 aromatic rings. The van der Waals surface area contributed by atoms with Gasteiger partial charge in [-0.1, -0.05) is 41.3 Å².